The van der Waals surface area contributed by atoms with Crippen LogP contribution in [0, 0.1) is 0 Å². The van der Waals surface area contributed by atoms with Gasteiger partial charge in [-0.2, -0.15) is 5.10 Å². The van der Waals surface area contributed by atoms with Crippen LogP contribution in [0.15, 0.2) is 49.4 Å². The molecule has 0 aliphatic rings. The maximum absolute atomic E-state index is 4.22. The zero-order chi connectivity index (χ0) is 14.7. The Morgan fingerprint density at radius 2 is 2.00 bits per heavy atom. The molecule has 0 aliphatic heterocycles. The van der Waals surface area contributed by atoms with Crippen molar-refractivity contribution < 1.29 is 0 Å². The second-order valence-corrected chi connectivity index (χ2v) is 5.10. The van der Waals surface area contributed by atoms with E-state index in [9.17, 15) is 0 Å². The second kappa shape index (κ2) is 5.78. The standard InChI is InChI=1S/C15H18N6/c1-12(2)20-10-16-7-13(20)8-18-14-5-3-4-6-15(14)21-11-17-9-19-21/h3-7,9-12,18H,8H2,1-2H3. The van der Waals surface area contributed by atoms with Gasteiger partial charge in [-0.15, -0.1) is 0 Å². The van der Waals surface area contributed by atoms with Crippen molar-refractivity contribution in [3.8, 4) is 5.69 Å². The van der Waals surface area contributed by atoms with Crippen molar-refractivity contribution >= 4 is 5.69 Å². The largest absolute Gasteiger partial charge is 0.378 e. The molecule has 0 saturated carbocycles. The van der Waals surface area contributed by atoms with Gasteiger partial charge < -0.3 is 9.88 Å². The third-order valence-corrected chi connectivity index (χ3v) is 3.33. The van der Waals surface area contributed by atoms with Gasteiger partial charge in [-0.05, 0) is 26.0 Å². The number of hydrogen-bond acceptors (Lipinski definition) is 4. The van der Waals surface area contributed by atoms with Crippen molar-refractivity contribution in [3.63, 3.8) is 0 Å². The molecular weight excluding hydrogens is 264 g/mol. The van der Waals surface area contributed by atoms with E-state index >= 15 is 0 Å². The number of rotatable bonds is 5. The normalized spacial score (nSPS) is 11.0. The summed E-state index contributed by atoms with van der Waals surface area (Å²) in [7, 11) is 0. The maximum Gasteiger partial charge on any atom is 0.138 e. The minimum Gasteiger partial charge on any atom is -0.378 e. The SMILES string of the molecule is CC(C)n1cncc1CNc1ccccc1-n1cncn1. The number of imidazole rings is 1. The lowest BCUT2D eigenvalue weighted by Gasteiger charge is -2.14. The fraction of sp³-hybridized carbons (Fsp3) is 0.267. The molecule has 2 aromatic heterocycles. The Balaban J connectivity index is 1.81. The lowest BCUT2D eigenvalue weighted by atomic mass is 10.2. The molecule has 1 N–H and O–H groups in total. The van der Waals surface area contributed by atoms with Gasteiger partial charge in [0.15, 0.2) is 0 Å². The van der Waals surface area contributed by atoms with Crippen molar-refractivity contribution in [1.29, 1.82) is 0 Å². The first-order valence-corrected chi connectivity index (χ1v) is 6.94. The fourth-order valence-electron chi connectivity index (χ4n) is 2.28. The summed E-state index contributed by atoms with van der Waals surface area (Å²) in [6, 6.07) is 8.43. The maximum atomic E-state index is 4.22. The van der Waals surface area contributed by atoms with Crippen molar-refractivity contribution in [3.05, 3.63) is 55.1 Å². The van der Waals surface area contributed by atoms with Gasteiger partial charge in [0, 0.05) is 12.2 Å². The third kappa shape index (κ3) is 2.79. The molecule has 0 aliphatic carbocycles. The van der Waals surface area contributed by atoms with Gasteiger partial charge in [-0.1, -0.05) is 12.1 Å². The molecule has 2 heterocycles. The molecule has 1 aromatic carbocycles. The molecule has 21 heavy (non-hydrogen) atoms. The van der Waals surface area contributed by atoms with E-state index in [1.165, 1.54) is 6.33 Å². The van der Waals surface area contributed by atoms with Crippen molar-refractivity contribution in [2.24, 2.45) is 0 Å². The lowest BCUT2D eigenvalue weighted by molar-refractivity contribution is 0.577. The minimum absolute atomic E-state index is 0.398. The number of nitrogens with zero attached hydrogens (tertiary/aromatic N) is 5. The number of nitrogens with one attached hydrogen (secondary N) is 1. The van der Waals surface area contributed by atoms with Gasteiger partial charge in [0.25, 0.3) is 0 Å². The smallest absolute Gasteiger partial charge is 0.138 e. The Morgan fingerprint density at radius 3 is 2.76 bits per heavy atom. The van der Waals surface area contributed by atoms with Crippen LogP contribution in [0.4, 0.5) is 5.69 Å². The summed E-state index contributed by atoms with van der Waals surface area (Å²) in [6.45, 7) is 5.01. The van der Waals surface area contributed by atoms with Crippen molar-refractivity contribution in [2.45, 2.75) is 26.4 Å². The van der Waals surface area contributed by atoms with Gasteiger partial charge in [-0.25, -0.2) is 14.6 Å². The van der Waals surface area contributed by atoms with Crippen molar-refractivity contribution in [2.75, 3.05) is 5.32 Å². The summed E-state index contributed by atoms with van der Waals surface area (Å²) in [5, 5.41) is 7.64. The molecule has 0 bridgehead atoms. The molecule has 3 aromatic rings. The monoisotopic (exact) mass is 282 g/mol. The Kier molecular flexibility index (Phi) is 3.68. The predicted octanol–water partition coefficient (Wildman–Crippen LogP) is 2.66. The lowest BCUT2D eigenvalue weighted by Crippen LogP contribution is -2.10. The van der Waals surface area contributed by atoms with Crippen LogP contribution in [-0.2, 0) is 6.54 Å². The molecule has 0 saturated heterocycles. The van der Waals surface area contributed by atoms with Gasteiger partial charge in [0.1, 0.15) is 12.7 Å². The quantitative estimate of drug-likeness (QED) is 0.781. The highest BCUT2D eigenvalue weighted by Crippen LogP contribution is 2.20. The minimum atomic E-state index is 0.398. The van der Waals surface area contributed by atoms with E-state index in [1.54, 1.807) is 11.0 Å². The van der Waals surface area contributed by atoms with Crippen LogP contribution in [0.25, 0.3) is 5.69 Å². The van der Waals surface area contributed by atoms with Gasteiger partial charge in [0.05, 0.1) is 29.9 Å². The molecule has 0 spiro atoms. The molecule has 0 atom stereocenters. The molecular formula is C15H18N6. The zero-order valence-corrected chi connectivity index (χ0v) is 12.1. The van der Waals surface area contributed by atoms with E-state index in [2.05, 4.69) is 38.8 Å². The highest BCUT2D eigenvalue weighted by molar-refractivity contribution is 5.60. The number of aromatic nitrogens is 5. The second-order valence-electron chi connectivity index (χ2n) is 5.10. The Bertz CT molecular complexity index is 699. The number of benzene rings is 1. The van der Waals surface area contributed by atoms with E-state index in [1.807, 2.05) is 36.8 Å². The molecule has 6 heteroatoms. The Labute approximate surface area is 123 Å². The Hall–Kier alpha value is -2.63. The molecule has 3 rings (SSSR count). The van der Waals surface area contributed by atoms with Gasteiger partial charge >= 0.3 is 0 Å². The van der Waals surface area contributed by atoms with E-state index in [-0.39, 0.29) is 0 Å². The van der Waals surface area contributed by atoms with Gasteiger partial charge in [0.2, 0.25) is 0 Å². The van der Waals surface area contributed by atoms with E-state index in [0.717, 1.165) is 17.1 Å². The van der Waals surface area contributed by atoms with Crippen LogP contribution < -0.4 is 5.32 Å². The highest BCUT2D eigenvalue weighted by atomic mass is 15.3. The summed E-state index contributed by atoms with van der Waals surface area (Å²) in [5.74, 6) is 0. The Morgan fingerprint density at radius 1 is 1.14 bits per heavy atom. The van der Waals surface area contributed by atoms with E-state index < -0.39 is 0 Å². The summed E-state index contributed by atoms with van der Waals surface area (Å²) in [6.07, 6.45) is 6.99. The number of hydrogen-bond donors (Lipinski definition) is 1. The van der Waals surface area contributed by atoms with Crippen LogP contribution in [0.2, 0.25) is 0 Å². The topological polar surface area (TPSA) is 60.6 Å². The molecule has 0 fully saturated rings. The highest BCUT2D eigenvalue weighted by Gasteiger charge is 2.08. The first-order chi connectivity index (χ1) is 10.3. The van der Waals surface area contributed by atoms with E-state index in [0.29, 0.717) is 12.6 Å². The number of anilines is 1. The molecule has 108 valence electrons. The summed E-state index contributed by atoms with van der Waals surface area (Å²) < 4.78 is 3.91. The van der Waals surface area contributed by atoms with E-state index in [4.69, 9.17) is 0 Å². The molecule has 0 unspecified atom stereocenters. The average molecular weight is 282 g/mol. The third-order valence-electron chi connectivity index (χ3n) is 3.33. The molecule has 0 amide bonds. The summed E-state index contributed by atoms with van der Waals surface area (Å²) >= 11 is 0. The molecule has 6 nitrogen and oxygen atoms in total. The number of para-hydroxylation sites is 2. The van der Waals surface area contributed by atoms with Crippen LogP contribution in [-0.4, -0.2) is 24.3 Å². The summed E-state index contributed by atoms with van der Waals surface area (Å²) in [4.78, 5) is 8.22. The fourth-order valence-corrected chi connectivity index (χ4v) is 2.28. The van der Waals surface area contributed by atoms with Crippen LogP contribution >= 0.6 is 0 Å². The zero-order valence-electron chi connectivity index (χ0n) is 12.1. The first kappa shape index (κ1) is 13.4. The predicted molar refractivity (Wildman–Crippen MR) is 81.3 cm³/mol. The summed E-state index contributed by atoms with van der Waals surface area (Å²) in [5.41, 5.74) is 3.14. The molecule has 0 radical (unpaired) electrons. The van der Waals surface area contributed by atoms with Crippen LogP contribution in [0.5, 0.6) is 0 Å². The van der Waals surface area contributed by atoms with Gasteiger partial charge in [-0.3, -0.25) is 0 Å². The van der Waals surface area contributed by atoms with Crippen molar-refractivity contribution in [1.82, 2.24) is 24.3 Å². The van der Waals surface area contributed by atoms with Crippen LogP contribution in [0.3, 0.4) is 0 Å². The van der Waals surface area contributed by atoms with Crippen LogP contribution in [0.1, 0.15) is 25.6 Å². The average Bonchev–Trinajstić information content (AvgIpc) is 3.16. The first-order valence-electron chi connectivity index (χ1n) is 6.94.